The minimum atomic E-state index is 0.315. The highest BCUT2D eigenvalue weighted by Gasteiger charge is 1.85. The third-order valence-corrected chi connectivity index (χ3v) is 1.46. The lowest BCUT2D eigenvalue weighted by Crippen LogP contribution is -1.94. The minimum absolute atomic E-state index is 0.315. The first-order valence-corrected chi connectivity index (χ1v) is 3.97. The molecular formula is C6H11N3S. The predicted molar refractivity (Wildman–Crippen MR) is 48.7 cm³/mol. The number of nitrogens with two attached hydrogens (primary N) is 1. The van der Waals surface area contributed by atoms with Gasteiger partial charge in [-0.2, -0.15) is 0 Å². The third kappa shape index (κ3) is 4.29. The van der Waals surface area contributed by atoms with Crippen LogP contribution in [-0.2, 0) is 0 Å². The van der Waals surface area contributed by atoms with Crippen molar-refractivity contribution < 1.29 is 0 Å². The molecule has 0 amide bonds. The van der Waals surface area contributed by atoms with Crippen LogP contribution in [0.15, 0.2) is 21.1 Å². The van der Waals surface area contributed by atoms with Crippen molar-refractivity contribution in [2.24, 2.45) is 15.7 Å². The Bertz CT molecular complexity index is 151. The molecule has 0 spiro atoms. The van der Waals surface area contributed by atoms with Crippen LogP contribution in [0, 0.1) is 0 Å². The number of hydrogen-bond donors (Lipinski definition) is 1. The normalized spacial score (nSPS) is 12.4. The number of aliphatic imine (C=N–C) groups is 2. The van der Waals surface area contributed by atoms with Crippen LogP contribution >= 0.6 is 11.8 Å². The Balaban J connectivity index is 3.94. The maximum absolute atomic E-state index is 5.15. The van der Waals surface area contributed by atoms with Gasteiger partial charge in [-0.15, -0.1) is 11.8 Å². The Morgan fingerprint density at radius 2 is 2.50 bits per heavy atom. The van der Waals surface area contributed by atoms with Crippen LogP contribution in [0.25, 0.3) is 0 Å². The second kappa shape index (κ2) is 6.51. The van der Waals surface area contributed by atoms with Crippen LogP contribution in [0.1, 0.15) is 0 Å². The van der Waals surface area contributed by atoms with Gasteiger partial charge < -0.3 is 5.73 Å². The summed E-state index contributed by atoms with van der Waals surface area (Å²) in [4.78, 5) is 8.39. The number of allylic oxidation sites excluding steroid dienone is 1. The van der Waals surface area contributed by atoms with Crippen LogP contribution in [-0.4, -0.2) is 25.9 Å². The molecule has 0 saturated heterocycles. The van der Waals surface area contributed by atoms with Crippen molar-refractivity contribution in [3.8, 4) is 0 Å². The third-order valence-electron chi connectivity index (χ3n) is 0.778. The van der Waals surface area contributed by atoms with Crippen LogP contribution in [0.5, 0.6) is 0 Å². The van der Waals surface area contributed by atoms with Crippen LogP contribution in [0.4, 0.5) is 0 Å². The van der Waals surface area contributed by atoms with Gasteiger partial charge in [0.25, 0.3) is 0 Å². The molecule has 10 heavy (non-hydrogen) atoms. The Labute approximate surface area is 65.1 Å². The fraction of sp³-hybridized carbons (Fsp3) is 0.333. The number of rotatable bonds is 4. The molecule has 4 heteroatoms. The Morgan fingerprint density at radius 1 is 1.80 bits per heavy atom. The van der Waals surface area contributed by atoms with Crippen LogP contribution < -0.4 is 5.73 Å². The smallest absolute Gasteiger partial charge is 0.0859 e. The van der Waals surface area contributed by atoms with Gasteiger partial charge in [-0.25, -0.2) is 0 Å². The maximum Gasteiger partial charge on any atom is 0.0859 e. The van der Waals surface area contributed by atoms with Gasteiger partial charge in [0.2, 0.25) is 0 Å². The molecule has 0 atom stereocenters. The van der Waals surface area contributed by atoms with E-state index in [4.69, 9.17) is 5.73 Å². The first kappa shape index (κ1) is 9.39. The van der Waals surface area contributed by atoms with Crippen molar-refractivity contribution in [3.63, 3.8) is 0 Å². The van der Waals surface area contributed by atoms with Crippen molar-refractivity contribution in [1.29, 1.82) is 0 Å². The SMILES string of the molecule is C=N/C=C(\C=N/CN)SC. The van der Waals surface area contributed by atoms with Crippen LogP contribution in [0.2, 0.25) is 0 Å². The van der Waals surface area contributed by atoms with Gasteiger partial charge in [0.15, 0.2) is 0 Å². The van der Waals surface area contributed by atoms with Gasteiger partial charge in [-0.05, 0) is 13.0 Å². The molecule has 0 rings (SSSR count). The Kier molecular flexibility index (Phi) is 6.11. The summed E-state index contributed by atoms with van der Waals surface area (Å²) in [6.07, 6.45) is 5.27. The second-order valence-corrected chi connectivity index (χ2v) is 2.29. The van der Waals surface area contributed by atoms with E-state index in [2.05, 4.69) is 16.7 Å². The largest absolute Gasteiger partial charge is 0.312 e. The average Bonchev–Trinajstić information content (AvgIpc) is 1.98. The molecule has 2 N–H and O–H groups in total. The lowest BCUT2D eigenvalue weighted by Gasteiger charge is -1.90. The Morgan fingerprint density at radius 3 is 2.90 bits per heavy atom. The average molecular weight is 157 g/mol. The summed E-state index contributed by atoms with van der Waals surface area (Å²) in [6, 6.07) is 0. The molecule has 0 unspecified atom stereocenters. The molecule has 0 aromatic rings. The zero-order chi connectivity index (χ0) is 7.82. The van der Waals surface area contributed by atoms with E-state index in [0.29, 0.717) is 6.67 Å². The Hall–Kier alpha value is -0.610. The van der Waals surface area contributed by atoms with E-state index in [0.717, 1.165) is 4.91 Å². The van der Waals surface area contributed by atoms with Crippen molar-refractivity contribution in [2.45, 2.75) is 0 Å². The molecule has 0 fully saturated rings. The zero-order valence-corrected chi connectivity index (χ0v) is 6.77. The maximum atomic E-state index is 5.15. The summed E-state index contributed by atoms with van der Waals surface area (Å²) in [5, 5.41) is 0. The molecule has 56 valence electrons. The summed E-state index contributed by atoms with van der Waals surface area (Å²) in [7, 11) is 0. The summed E-state index contributed by atoms with van der Waals surface area (Å²) < 4.78 is 0. The van der Waals surface area contributed by atoms with Gasteiger partial charge in [-0.3, -0.25) is 9.98 Å². The van der Waals surface area contributed by atoms with E-state index in [1.807, 2.05) is 6.26 Å². The van der Waals surface area contributed by atoms with Gasteiger partial charge in [-0.1, -0.05) is 0 Å². The fourth-order valence-electron chi connectivity index (χ4n) is 0.371. The quantitative estimate of drug-likeness (QED) is 0.616. The number of hydrogen-bond acceptors (Lipinski definition) is 4. The standard InChI is InChI=1S/C6H11N3S/c1-8-3-6(10-2)4-9-5-7/h3-4H,1,5,7H2,2H3/b6-3+,9-4-. The minimum Gasteiger partial charge on any atom is -0.312 e. The van der Waals surface area contributed by atoms with Gasteiger partial charge in [0.1, 0.15) is 0 Å². The highest BCUT2D eigenvalue weighted by molar-refractivity contribution is 8.03. The first-order chi connectivity index (χ1) is 4.85. The van der Waals surface area contributed by atoms with Crippen molar-refractivity contribution in [1.82, 2.24) is 0 Å². The van der Waals surface area contributed by atoms with Crippen LogP contribution in [0.3, 0.4) is 0 Å². The van der Waals surface area contributed by atoms with E-state index in [1.165, 1.54) is 0 Å². The van der Waals surface area contributed by atoms with E-state index in [9.17, 15) is 0 Å². The molecule has 0 aliphatic carbocycles. The number of nitrogens with zero attached hydrogens (tertiary/aromatic N) is 2. The lowest BCUT2D eigenvalue weighted by atomic mass is 10.6. The highest BCUT2D eigenvalue weighted by atomic mass is 32.2. The summed E-state index contributed by atoms with van der Waals surface area (Å²) in [5.74, 6) is 0. The molecule has 0 radical (unpaired) electrons. The molecule has 0 aliphatic rings. The molecule has 0 aromatic heterocycles. The first-order valence-electron chi connectivity index (χ1n) is 2.75. The van der Waals surface area contributed by atoms with Crippen molar-refractivity contribution in [2.75, 3.05) is 12.9 Å². The molecular weight excluding hydrogens is 146 g/mol. The van der Waals surface area contributed by atoms with Gasteiger partial charge in [0.05, 0.1) is 6.67 Å². The second-order valence-electron chi connectivity index (χ2n) is 1.41. The molecule has 0 saturated carbocycles. The zero-order valence-electron chi connectivity index (χ0n) is 5.95. The summed E-state index contributed by atoms with van der Waals surface area (Å²) in [6.45, 7) is 3.64. The van der Waals surface area contributed by atoms with E-state index in [1.54, 1.807) is 24.2 Å². The fourth-order valence-corrected chi connectivity index (χ4v) is 0.731. The lowest BCUT2D eigenvalue weighted by molar-refractivity contribution is 1.08. The van der Waals surface area contributed by atoms with E-state index < -0.39 is 0 Å². The molecule has 0 bridgehead atoms. The highest BCUT2D eigenvalue weighted by Crippen LogP contribution is 2.07. The van der Waals surface area contributed by atoms with Gasteiger partial charge in [0, 0.05) is 17.3 Å². The van der Waals surface area contributed by atoms with E-state index >= 15 is 0 Å². The summed E-state index contributed by atoms with van der Waals surface area (Å²) in [5.41, 5.74) is 5.15. The topological polar surface area (TPSA) is 50.7 Å². The predicted octanol–water partition coefficient (Wildman–Crippen LogP) is 0.878. The monoisotopic (exact) mass is 157 g/mol. The van der Waals surface area contributed by atoms with E-state index in [-0.39, 0.29) is 0 Å². The summed E-state index contributed by atoms with van der Waals surface area (Å²) >= 11 is 1.56. The molecule has 3 nitrogen and oxygen atoms in total. The van der Waals surface area contributed by atoms with Crippen molar-refractivity contribution in [3.05, 3.63) is 11.1 Å². The van der Waals surface area contributed by atoms with Crippen molar-refractivity contribution >= 4 is 24.7 Å². The molecule has 0 aliphatic heterocycles. The number of thioether (sulfide) groups is 1. The molecule has 0 heterocycles. The molecule has 0 aromatic carbocycles. The van der Waals surface area contributed by atoms with Gasteiger partial charge >= 0.3 is 0 Å².